The number of hydrogen-bond acceptors (Lipinski definition) is 17. The van der Waals surface area contributed by atoms with Crippen LogP contribution in [0.2, 0.25) is 5.28 Å². The maximum atomic E-state index is 14.0. The maximum Gasteiger partial charge on any atom is 1.00 e. The Balaban J connectivity index is 0.00000280. The second-order valence-corrected chi connectivity index (χ2v) is 15.1. The van der Waals surface area contributed by atoms with E-state index in [1.165, 1.54) is 48.5 Å². The van der Waals surface area contributed by atoms with E-state index in [4.69, 9.17) is 11.6 Å². The summed E-state index contributed by atoms with van der Waals surface area (Å²) in [6.07, 6.45) is 0. The van der Waals surface area contributed by atoms with Gasteiger partial charge in [0, 0.05) is 16.5 Å². The summed E-state index contributed by atoms with van der Waals surface area (Å²) in [5, 5.41) is 33.9. The first-order valence-corrected chi connectivity index (χ1v) is 18.8. The number of nitrogens with zero attached hydrogens (tertiary/aromatic N) is 5. The summed E-state index contributed by atoms with van der Waals surface area (Å²) in [6.45, 7) is 0. The minimum atomic E-state index is -5.61. The molecule has 5 aromatic carbocycles. The first-order valence-electron chi connectivity index (χ1n) is 14.2. The summed E-state index contributed by atoms with van der Waals surface area (Å²) >= 11 is 6.09. The quantitative estimate of drug-likeness (QED) is 0.0690. The van der Waals surface area contributed by atoms with Gasteiger partial charge in [0.15, 0.2) is 0 Å². The van der Waals surface area contributed by atoms with Crippen LogP contribution in [0.3, 0.4) is 0 Å². The smallest absolute Gasteiger partial charge is 0.870 e. The molecule has 0 spiro atoms. The molecule has 0 radical (unpaired) electrons. The van der Waals surface area contributed by atoms with Crippen molar-refractivity contribution in [1.82, 2.24) is 15.0 Å². The number of H-pyrrole nitrogens is 1. The standard InChI is InChI=1S/C30H20ClN7O12S3.4Na/c31-28-34-29(32-17-8-5-15(6-9-17)27(40)41)36-30(35-28)33-21-13-18(51(42,43)44)11-16-12-22(52(45,46)47)24(25(39)23(16)21)38-37-20-10-7-14-3-1-2-4-19(14)26(20)53(48,49)50;;;;/h1-13,39H,(H,40,41)(H,42,43,44)(H,45,46,47)(H,48,49,50)(H2,32,33,34,35,36);;;;/q;4*+1/p-4. The van der Waals surface area contributed by atoms with Crippen molar-refractivity contribution in [3.63, 3.8) is 0 Å². The average molecular weight is 890 g/mol. The van der Waals surface area contributed by atoms with E-state index >= 15 is 0 Å². The number of hydrogen-bond donors (Lipinski definition) is 3. The van der Waals surface area contributed by atoms with E-state index in [1.54, 1.807) is 6.07 Å². The molecule has 19 nitrogen and oxygen atoms in total. The van der Waals surface area contributed by atoms with Crippen LogP contribution in [-0.4, -0.2) is 59.8 Å². The molecule has 0 saturated carbocycles. The van der Waals surface area contributed by atoms with Crippen LogP contribution in [-0.2, 0) is 30.4 Å². The molecule has 0 amide bonds. The molecule has 272 valence electrons. The normalized spacial score (nSPS) is 12.0. The van der Waals surface area contributed by atoms with E-state index in [9.17, 15) is 53.9 Å². The molecule has 1 heterocycles. The Kier molecular flexibility index (Phi) is 18.1. The predicted octanol–water partition coefficient (Wildman–Crippen LogP) is -9.34. The number of anilines is 2. The van der Waals surface area contributed by atoms with Gasteiger partial charge < -0.3 is 29.4 Å². The van der Waals surface area contributed by atoms with Crippen LogP contribution in [0.15, 0.2) is 109 Å². The topological polar surface area (TPSA) is 323 Å². The Morgan fingerprint density at radius 2 is 1.44 bits per heavy atom. The van der Waals surface area contributed by atoms with Crippen LogP contribution in [0.4, 0.5) is 28.7 Å². The van der Waals surface area contributed by atoms with Gasteiger partial charge in [-0.05, 0) is 64.3 Å². The molecule has 0 unspecified atom stereocenters. The van der Waals surface area contributed by atoms with Crippen LogP contribution in [0.5, 0.6) is 5.75 Å². The Morgan fingerprint density at radius 1 is 0.789 bits per heavy atom. The van der Waals surface area contributed by atoms with E-state index < -0.39 is 90.2 Å². The largest absolute Gasteiger partial charge is 1.00 e. The molecule has 27 heteroatoms. The van der Waals surface area contributed by atoms with Crippen molar-refractivity contribution in [2.45, 2.75) is 14.7 Å². The van der Waals surface area contributed by atoms with Gasteiger partial charge in [-0.25, -0.2) is 21.8 Å². The number of benzene rings is 5. The summed E-state index contributed by atoms with van der Waals surface area (Å²) in [4.78, 5) is 22.5. The zero-order valence-corrected chi connectivity index (χ0v) is 41.0. The average Bonchev–Trinajstić information content (AvgIpc) is 3.06. The molecule has 6 aromatic rings. The minimum absolute atomic E-state index is 0. The third-order valence-electron chi connectivity index (χ3n) is 7.25. The number of carbonyl (C=O) groups is 1. The van der Waals surface area contributed by atoms with Gasteiger partial charge in [-0.1, -0.05) is 48.2 Å². The molecule has 1 aromatic heterocycles. The van der Waals surface area contributed by atoms with Crippen molar-refractivity contribution in [3.05, 3.63) is 95.3 Å². The van der Waals surface area contributed by atoms with Crippen LogP contribution in [0.1, 0.15) is 10.4 Å². The van der Waals surface area contributed by atoms with Crippen LogP contribution in [0.25, 0.3) is 21.5 Å². The number of aromatic amines is 1. The van der Waals surface area contributed by atoms with Gasteiger partial charge in [0.1, 0.15) is 30.8 Å². The Labute approximate surface area is 415 Å². The fraction of sp³-hybridized carbons (Fsp3) is 0. The van der Waals surface area contributed by atoms with E-state index in [1.807, 2.05) is 0 Å². The number of halogens is 1. The summed E-state index contributed by atoms with van der Waals surface area (Å²) < 4.78 is 108. The van der Waals surface area contributed by atoms with Crippen molar-refractivity contribution < 1.29 is 172 Å². The summed E-state index contributed by atoms with van der Waals surface area (Å²) in [5.74, 6) is -3.08. The third-order valence-corrected chi connectivity index (χ3v) is 10.0. The molecule has 0 fully saturated rings. The van der Waals surface area contributed by atoms with Crippen molar-refractivity contribution in [3.8, 4) is 5.75 Å². The fourth-order valence-corrected chi connectivity index (χ4v) is 7.20. The second-order valence-electron chi connectivity index (χ2n) is 10.7. The summed E-state index contributed by atoms with van der Waals surface area (Å²) in [6, 6.07) is 15.3. The monoisotopic (exact) mass is 889 g/mol. The number of carboxylic acids is 1. The van der Waals surface area contributed by atoms with Gasteiger partial charge in [0.05, 0.1) is 27.1 Å². The van der Waals surface area contributed by atoms with Crippen molar-refractivity contribution >= 4 is 98.2 Å². The Hall–Kier alpha value is -1.88. The summed E-state index contributed by atoms with van der Waals surface area (Å²) in [5.41, 5.74) is -2.70. The van der Waals surface area contributed by atoms with Gasteiger partial charge >= 0.3 is 118 Å². The zero-order chi connectivity index (χ0) is 38.5. The molecule has 3 N–H and O–H groups in total. The number of carbonyl (C=O) groups excluding carboxylic acids is 1. The Morgan fingerprint density at radius 3 is 2.04 bits per heavy atom. The molecule has 6 rings (SSSR count). The first kappa shape index (κ1) is 51.3. The number of fused-ring (bicyclic) bond motifs is 2. The molecule has 57 heavy (non-hydrogen) atoms. The van der Waals surface area contributed by atoms with E-state index in [2.05, 4.69) is 35.5 Å². The molecule has 0 saturated heterocycles. The van der Waals surface area contributed by atoms with Gasteiger partial charge in [-0.3, -0.25) is 9.54 Å². The SMILES string of the molecule is O=C([O-])c1ccc(Nc2nc(Cl)[nH]c(=Nc3cc(S(=O)(=O)[O-])cc4cc(S(=O)(=O)[O-])c(N=Nc5ccc6ccccc6c5S(=O)(=O)O)c([O-])c34)n2)cc1.[Na+].[Na+].[Na+].[Na+]. The van der Waals surface area contributed by atoms with Gasteiger partial charge in [0.2, 0.25) is 16.9 Å². The van der Waals surface area contributed by atoms with Gasteiger partial charge in [-0.2, -0.15) is 18.4 Å². The maximum absolute atomic E-state index is 14.0. The molecule has 0 aliphatic heterocycles. The first-order chi connectivity index (χ1) is 24.8. The number of aromatic nitrogens is 3. The number of carboxylic acid groups (broad SMARTS) is 1. The van der Waals surface area contributed by atoms with Crippen molar-refractivity contribution in [1.29, 1.82) is 0 Å². The zero-order valence-electron chi connectivity index (χ0n) is 29.8. The number of rotatable bonds is 9. The van der Waals surface area contributed by atoms with Crippen LogP contribution >= 0.6 is 11.6 Å². The van der Waals surface area contributed by atoms with Gasteiger partial charge in [0.25, 0.3) is 10.1 Å². The molecule has 0 aliphatic carbocycles. The third kappa shape index (κ3) is 11.9. The number of azo groups is 1. The second kappa shape index (κ2) is 20.1. The molecule has 0 aliphatic rings. The molecule has 0 atom stereocenters. The van der Waals surface area contributed by atoms with E-state index in [0.717, 1.165) is 6.07 Å². The van der Waals surface area contributed by atoms with Crippen molar-refractivity contribution in [2.75, 3.05) is 5.32 Å². The predicted molar refractivity (Wildman–Crippen MR) is 178 cm³/mol. The fourth-order valence-electron chi connectivity index (χ4n) is 5.03. The van der Waals surface area contributed by atoms with E-state index in [-0.39, 0.29) is 146 Å². The molecular formula is C30H16ClN7Na4O12S3. The number of aromatic carboxylic acids is 1. The number of nitrogens with one attached hydrogen (secondary N) is 2. The van der Waals surface area contributed by atoms with Gasteiger partial charge in [-0.15, -0.1) is 10.2 Å². The van der Waals surface area contributed by atoms with Crippen molar-refractivity contribution in [2.24, 2.45) is 15.2 Å². The van der Waals surface area contributed by atoms with E-state index in [0.29, 0.717) is 23.6 Å². The van der Waals surface area contributed by atoms with Crippen LogP contribution < -0.4 is 139 Å². The summed E-state index contributed by atoms with van der Waals surface area (Å²) in [7, 11) is -15.9. The minimum Gasteiger partial charge on any atom is -0.870 e. The Bertz CT molecular complexity index is 2980. The van der Waals surface area contributed by atoms with Crippen LogP contribution in [0, 0.1) is 0 Å². The molecular weight excluding hydrogens is 874 g/mol. The molecule has 0 bridgehead atoms.